The summed E-state index contributed by atoms with van der Waals surface area (Å²) in [5, 5.41) is 10.3. The van der Waals surface area contributed by atoms with Gasteiger partial charge in [-0.05, 0) is 42.5 Å². The van der Waals surface area contributed by atoms with Gasteiger partial charge in [0.05, 0.1) is 24.4 Å². The lowest BCUT2D eigenvalue weighted by molar-refractivity contribution is 0.281. The summed E-state index contributed by atoms with van der Waals surface area (Å²) in [7, 11) is 1.57. The predicted molar refractivity (Wildman–Crippen MR) is 113 cm³/mol. The van der Waals surface area contributed by atoms with Crippen LogP contribution in [0.4, 0.5) is 5.69 Å². The number of nitrogens with zero attached hydrogens (tertiary/aromatic N) is 3. The SMILES string of the molecule is CCC1CCN(c2ccn3cc(-c4cc(Cl)c(OC)cc4CO)nc3c2)CC1. The predicted octanol–water partition coefficient (Wildman–Crippen LogP) is 4.78. The van der Waals surface area contributed by atoms with Gasteiger partial charge in [-0.3, -0.25) is 0 Å². The summed E-state index contributed by atoms with van der Waals surface area (Å²) in [6.45, 7) is 4.38. The Morgan fingerprint density at radius 2 is 2.04 bits per heavy atom. The average molecular weight is 400 g/mol. The maximum atomic E-state index is 9.78. The van der Waals surface area contributed by atoms with Crippen LogP contribution < -0.4 is 9.64 Å². The van der Waals surface area contributed by atoms with Crippen molar-refractivity contribution < 1.29 is 9.84 Å². The molecule has 2 aromatic heterocycles. The maximum Gasteiger partial charge on any atom is 0.139 e. The molecule has 0 bridgehead atoms. The fourth-order valence-corrected chi connectivity index (χ4v) is 4.26. The van der Waals surface area contributed by atoms with Crippen molar-refractivity contribution in [3.05, 3.63) is 47.2 Å². The Morgan fingerprint density at radius 3 is 2.71 bits per heavy atom. The number of aliphatic hydroxyl groups is 1. The van der Waals surface area contributed by atoms with Crippen molar-refractivity contribution in [2.24, 2.45) is 5.92 Å². The lowest BCUT2D eigenvalue weighted by Crippen LogP contribution is -2.33. The average Bonchev–Trinajstić information content (AvgIpc) is 3.16. The van der Waals surface area contributed by atoms with Crippen LogP contribution in [0.5, 0.6) is 5.75 Å². The van der Waals surface area contributed by atoms with E-state index in [0.717, 1.165) is 41.5 Å². The van der Waals surface area contributed by atoms with Gasteiger partial charge < -0.3 is 19.1 Å². The first-order valence-electron chi connectivity index (χ1n) is 9.84. The summed E-state index contributed by atoms with van der Waals surface area (Å²) < 4.78 is 7.27. The first-order chi connectivity index (χ1) is 13.6. The van der Waals surface area contributed by atoms with E-state index in [-0.39, 0.29) is 6.61 Å². The van der Waals surface area contributed by atoms with E-state index in [1.54, 1.807) is 13.2 Å². The second kappa shape index (κ2) is 8.02. The van der Waals surface area contributed by atoms with Crippen molar-refractivity contribution in [2.45, 2.75) is 32.8 Å². The highest BCUT2D eigenvalue weighted by Gasteiger charge is 2.19. The molecular formula is C22H26ClN3O2. The first-order valence-corrected chi connectivity index (χ1v) is 10.2. The highest BCUT2D eigenvalue weighted by atomic mass is 35.5. The molecule has 1 aromatic carbocycles. The number of halogens is 1. The number of fused-ring (bicyclic) bond motifs is 1. The molecule has 0 radical (unpaired) electrons. The van der Waals surface area contributed by atoms with Crippen LogP contribution in [-0.2, 0) is 6.61 Å². The Labute approximate surface area is 170 Å². The molecule has 0 atom stereocenters. The smallest absolute Gasteiger partial charge is 0.139 e. The Kier molecular flexibility index (Phi) is 5.47. The molecule has 3 aromatic rings. The molecule has 3 heterocycles. The van der Waals surface area contributed by atoms with E-state index in [2.05, 4.69) is 30.2 Å². The van der Waals surface area contributed by atoms with Gasteiger partial charge in [0.2, 0.25) is 0 Å². The van der Waals surface area contributed by atoms with Gasteiger partial charge in [0.25, 0.3) is 0 Å². The van der Waals surface area contributed by atoms with Gasteiger partial charge in [0, 0.05) is 42.8 Å². The monoisotopic (exact) mass is 399 g/mol. The summed E-state index contributed by atoms with van der Waals surface area (Å²) in [6.07, 6.45) is 7.81. The van der Waals surface area contributed by atoms with Gasteiger partial charge in [0.15, 0.2) is 0 Å². The molecular weight excluding hydrogens is 374 g/mol. The highest BCUT2D eigenvalue weighted by Crippen LogP contribution is 2.34. The molecule has 148 valence electrons. The van der Waals surface area contributed by atoms with E-state index in [0.29, 0.717) is 10.8 Å². The van der Waals surface area contributed by atoms with Gasteiger partial charge in [0.1, 0.15) is 11.4 Å². The summed E-state index contributed by atoms with van der Waals surface area (Å²) in [4.78, 5) is 7.25. The second-order valence-electron chi connectivity index (χ2n) is 7.42. The van der Waals surface area contributed by atoms with Crippen molar-refractivity contribution in [2.75, 3.05) is 25.1 Å². The number of pyridine rings is 1. The minimum absolute atomic E-state index is 0.103. The van der Waals surface area contributed by atoms with Crippen molar-refractivity contribution in [3.63, 3.8) is 0 Å². The number of anilines is 1. The van der Waals surface area contributed by atoms with Crippen molar-refractivity contribution in [1.82, 2.24) is 9.38 Å². The molecule has 0 amide bonds. The normalized spacial score (nSPS) is 15.4. The number of imidazole rings is 1. The molecule has 1 aliphatic rings. The number of aromatic nitrogens is 2. The lowest BCUT2D eigenvalue weighted by atomic mass is 9.94. The van der Waals surface area contributed by atoms with E-state index in [4.69, 9.17) is 21.3 Å². The Bertz CT molecular complexity index is 977. The summed E-state index contributed by atoms with van der Waals surface area (Å²) in [5.41, 5.74) is 4.46. The Morgan fingerprint density at radius 1 is 1.25 bits per heavy atom. The van der Waals surface area contributed by atoms with Crippen LogP contribution in [-0.4, -0.2) is 34.7 Å². The Balaban J connectivity index is 1.67. The molecule has 6 heteroatoms. The van der Waals surface area contributed by atoms with Gasteiger partial charge in [-0.15, -0.1) is 0 Å². The fourth-order valence-electron chi connectivity index (χ4n) is 4.02. The molecule has 0 unspecified atom stereocenters. The number of ether oxygens (including phenoxy) is 1. The third kappa shape index (κ3) is 3.56. The number of piperidine rings is 1. The standard InChI is InChI=1S/C22H26ClN3O2/c1-3-15-4-7-25(8-5-15)17-6-9-26-13-20(24-22(26)11-17)18-12-19(23)21(28-2)10-16(18)14-27/h6,9-13,15,27H,3-5,7-8,14H2,1-2H3. The summed E-state index contributed by atoms with van der Waals surface area (Å²) in [6, 6.07) is 7.87. The maximum absolute atomic E-state index is 9.78. The third-order valence-corrected chi connectivity index (χ3v) is 6.12. The summed E-state index contributed by atoms with van der Waals surface area (Å²) >= 11 is 6.31. The van der Waals surface area contributed by atoms with Crippen molar-refractivity contribution >= 4 is 22.9 Å². The lowest BCUT2D eigenvalue weighted by Gasteiger charge is -2.33. The van der Waals surface area contributed by atoms with Crippen LogP contribution in [0, 0.1) is 5.92 Å². The van der Waals surface area contributed by atoms with Gasteiger partial charge >= 0.3 is 0 Å². The minimum Gasteiger partial charge on any atom is -0.495 e. The van der Waals surface area contributed by atoms with Crippen LogP contribution in [0.3, 0.4) is 0 Å². The number of hydrogen-bond acceptors (Lipinski definition) is 4. The zero-order chi connectivity index (χ0) is 19.7. The first kappa shape index (κ1) is 19.1. The molecule has 28 heavy (non-hydrogen) atoms. The molecule has 5 nitrogen and oxygen atoms in total. The second-order valence-corrected chi connectivity index (χ2v) is 7.82. The van der Waals surface area contributed by atoms with Crippen molar-refractivity contribution in [1.29, 1.82) is 0 Å². The molecule has 1 aliphatic heterocycles. The highest BCUT2D eigenvalue weighted by molar-refractivity contribution is 6.32. The van der Waals surface area contributed by atoms with E-state index in [9.17, 15) is 5.11 Å². The number of rotatable bonds is 5. The zero-order valence-electron chi connectivity index (χ0n) is 16.4. The van der Waals surface area contributed by atoms with E-state index in [1.165, 1.54) is 24.9 Å². The number of benzene rings is 1. The zero-order valence-corrected chi connectivity index (χ0v) is 17.1. The fraction of sp³-hybridized carbons (Fsp3) is 0.409. The van der Waals surface area contributed by atoms with E-state index >= 15 is 0 Å². The molecule has 0 spiro atoms. The van der Waals surface area contributed by atoms with Crippen LogP contribution in [0.1, 0.15) is 31.7 Å². The molecule has 1 fully saturated rings. The van der Waals surface area contributed by atoms with E-state index in [1.807, 2.05) is 16.7 Å². The van der Waals surface area contributed by atoms with E-state index < -0.39 is 0 Å². The third-order valence-electron chi connectivity index (χ3n) is 5.82. The van der Waals surface area contributed by atoms with Crippen LogP contribution in [0.2, 0.25) is 5.02 Å². The summed E-state index contributed by atoms with van der Waals surface area (Å²) in [5.74, 6) is 1.41. The number of hydrogen-bond donors (Lipinski definition) is 1. The quantitative estimate of drug-likeness (QED) is 0.670. The Hall–Kier alpha value is -2.24. The van der Waals surface area contributed by atoms with Crippen molar-refractivity contribution in [3.8, 4) is 17.0 Å². The van der Waals surface area contributed by atoms with Gasteiger partial charge in [-0.25, -0.2) is 4.98 Å². The molecule has 1 saturated heterocycles. The molecule has 1 N–H and O–H groups in total. The minimum atomic E-state index is -0.103. The number of methoxy groups -OCH3 is 1. The van der Waals surface area contributed by atoms with Gasteiger partial charge in [-0.1, -0.05) is 24.9 Å². The van der Waals surface area contributed by atoms with Crippen LogP contribution in [0.15, 0.2) is 36.7 Å². The topological polar surface area (TPSA) is 50.0 Å². The number of aliphatic hydroxyl groups excluding tert-OH is 1. The molecule has 0 saturated carbocycles. The van der Waals surface area contributed by atoms with Crippen LogP contribution in [0.25, 0.3) is 16.9 Å². The largest absolute Gasteiger partial charge is 0.495 e. The molecule has 0 aliphatic carbocycles. The van der Waals surface area contributed by atoms with Crippen LogP contribution >= 0.6 is 11.6 Å². The van der Waals surface area contributed by atoms with Gasteiger partial charge in [-0.2, -0.15) is 0 Å². The molecule has 4 rings (SSSR count).